The quantitative estimate of drug-likeness (QED) is 0.657. The van der Waals surface area contributed by atoms with Crippen molar-refractivity contribution in [2.75, 3.05) is 18.0 Å². The van der Waals surface area contributed by atoms with Crippen molar-refractivity contribution in [1.82, 2.24) is 5.32 Å². The first-order valence-electron chi connectivity index (χ1n) is 11.2. The van der Waals surface area contributed by atoms with Gasteiger partial charge in [-0.1, -0.05) is 12.1 Å². The van der Waals surface area contributed by atoms with E-state index in [2.05, 4.69) is 28.4 Å². The van der Waals surface area contributed by atoms with E-state index < -0.39 is 16.6 Å². The molecule has 0 spiro atoms. The van der Waals surface area contributed by atoms with E-state index in [0.29, 0.717) is 6.42 Å². The van der Waals surface area contributed by atoms with Crippen LogP contribution >= 0.6 is 0 Å². The lowest BCUT2D eigenvalue weighted by Crippen LogP contribution is -2.49. The van der Waals surface area contributed by atoms with E-state index in [9.17, 15) is 9.59 Å². The van der Waals surface area contributed by atoms with E-state index in [1.807, 2.05) is 61.5 Å². The van der Waals surface area contributed by atoms with Gasteiger partial charge in [-0.15, -0.1) is 0 Å². The number of amides is 1. The molecule has 0 saturated carbocycles. The summed E-state index contributed by atoms with van der Waals surface area (Å²) in [4.78, 5) is 27.1. The molecule has 174 valence electrons. The Morgan fingerprint density at radius 3 is 2.29 bits per heavy atom. The van der Waals surface area contributed by atoms with Crippen LogP contribution in [0.3, 0.4) is 0 Å². The average Bonchev–Trinajstić information content (AvgIpc) is 2.58. The Bertz CT molecular complexity index is 774. The minimum atomic E-state index is -0.616. The molecule has 1 heterocycles. The number of hydrogen-bond acceptors (Lipinski definition) is 5. The highest BCUT2D eigenvalue weighted by Crippen LogP contribution is 2.29. The summed E-state index contributed by atoms with van der Waals surface area (Å²) in [5.41, 5.74) is 0.575. The first-order valence-corrected chi connectivity index (χ1v) is 11.2. The van der Waals surface area contributed by atoms with Gasteiger partial charge in [0.2, 0.25) is 0 Å². The SMILES string of the molecule is CC(C)(C)OC(=O)N[C@H]1CCCN(c2cccc(CC(C)(C)C(=O)OC(C)(C)C)c2)C1. The molecule has 1 atom stereocenters. The molecule has 1 aliphatic heterocycles. The summed E-state index contributed by atoms with van der Waals surface area (Å²) < 4.78 is 11.0. The molecule has 0 aliphatic carbocycles. The number of esters is 1. The van der Waals surface area contributed by atoms with E-state index >= 15 is 0 Å². The van der Waals surface area contributed by atoms with Crippen LogP contribution in [0.25, 0.3) is 0 Å². The molecule has 1 aliphatic rings. The van der Waals surface area contributed by atoms with Gasteiger partial charge in [-0.25, -0.2) is 4.79 Å². The first kappa shape index (κ1) is 25.0. The number of hydrogen-bond donors (Lipinski definition) is 1. The third-order valence-electron chi connectivity index (χ3n) is 5.02. The molecule has 0 bridgehead atoms. The molecule has 1 amide bonds. The summed E-state index contributed by atoms with van der Waals surface area (Å²) in [6.45, 7) is 16.8. The lowest BCUT2D eigenvalue weighted by molar-refractivity contribution is -0.165. The third-order valence-corrected chi connectivity index (χ3v) is 5.02. The monoisotopic (exact) mass is 432 g/mol. The van der Waals surface area contributed by atoms with E-state index in [-0.39, 0.29) is 18.1 Å². The molecule has 6 heteroatoms. The third kappa shape index (κ3) is 8.42. The number of alkyl carbamates (subject to hydrolysis) is 1. The molecule has 6 nitrogen and oxygen atoms in total. The zero-order chi connectivity index (χ0) is 23.4. The van der Waals surface area contributed by atoms with Crippen LogP contribution in [0.1, 0.15) is 73.8 Å². The van der Waals surface area contributed by atoms with Crippen LogP contribution < -0.4 is 10.2 Å². The molecule has 0 radical (unpaired) electrons. The molecular formula is C25H40N2O4. The fraction of sp³-hybridized carbons (Fsp3) is 0.680. The van der Waals surface area contributed by atoms with Crippen LogP contribution in [0.5, 0.6) is 0 Å². The van der Waals surface area contributed by atoms with Crippen LogP contribution in [0, 0.1) is 5.41 Å². The topological polar surface area (TPSA) is 67.9 Å². The van der Waals surface area contributed by atoms with Gasteiger partial charge in [0.25, 0.3) is 0 Å². The van der Waals surface area contributed by atoms with Crippen molar-refractivity contribution in [3.63, 3.8) is 0 Å². The lowest BCUT2D eigenvalue weighted by Gasteiger charge is -2.35. The number of benzene rings is 1. The fourth-order valence-corrected chi connectivity index (χ4v) is 3.67. The molecule has 0 unspecified atom stereocenters. The van der Waals surface area contributed by atoms with Crippen molar-refractivity contribution in [2.24, 2.45) is 5.41 Å². The maximum absolute atomic E-state index is 12.6. The van der Waals surface area contributed by atoms with Crippen molar-refractivity contribution < 1.29 is 19.1 Å². The Hall–Kier alpha value is -2.24. The Labute approximate surface area is 187 Å². The minimum Gasteiger partial charge on any atom is -0.460 e. The number of nitrogens with one attached hydrogen (secondary N) is 1. The van der Waals surface area contributed by atoms with Crippen LogP contribution in [-0.4, -0.2) is 42.4 Å². The van der Waals surface area contributed by atoms with Crippen molar-refractivity contribution >= 4 is 17.7 Å². The summed E-state index contributed by atoms with van der Waals surface area (Å²) in [6, 6.07) is 8.35. The van der Waals surface area contributed by atoms with Gasteiger partial charge in [0.1, 0.15) is 11.2 Å². The molecule has 31 heavy (non-hydrogen) atoms. The van der Waals surface area contributed by atoms with Gasteiger partial charge in [-0.05, 0) is 92.3 Å². The Morgan fingerprint density at radius 1 is 1.03 bits per heavy atom. The fourth-order valence-electron chi connectivity index (χ4n) is 3.67. The molecule has 1 aromatic rings. The lowest BCUT2D eigenvalue weighted by atomic mass is 9.85. The molecule has 1 saturated heterocycles. The number of nitrogens with zero attached hydrogens (tertiary/aromatic N) is 1. The number of carbonyl (C=O) groups is 2. The average molecular weight is 433 g/mol. The Balaban J connectivity index is 2.04. The van der Waals surface area contributed by atoms with Gasteiger partial charge in [-0.2, -0.15) is 0 Å². The highest BCUT2D eigenvalue weighted by atomic mass is 16.6. The summed E-state index contributed by atoms with van der Waals surface area (Å²) in [5.74, 6) is -0.190. The number of carbonyl (C=O) groups excluding carboxylic acids is 2. The van der Waals surface area contributed by atoms with Crippen LogP contribution in [0.4, 0.5) is 10.5 Å². The minimum absolute atomic E-state index is 0.0467. The standard InChI is InChI=1S/C25H40N2O4/c1-23(2,3)30-21(28)25(7,8)16-18-11-9-13-20(15-18)27-14-10-12-19(17-27)26-22(29)31-24(4,5)6/h9,11,13,15,19H,10,12,14,16-17H2,1-8H3,(H,26,29)/t19-/m0/s1. The van der Waals surface area contributed by atoms with E-state index in [0.717, 1.165) is 37.2 Å². The second-order valence-electron chi connectivity index (χ2n) is 11.2. The molecule has 1 aromatic carbocycles. The zero-order valence-electron chi connectivity index (χ0n) is 20.5. The molecule has 2 rings (SSSR count). The summed E-state index contributed by atoms with van der Waals surface area (Å²) in [5, 5.41) is 3.00. The number of piperidine rings is 1. The van der Waals surface area contributed by atoms with Gasteiger partial charge in [0.05, 0.1) is 5.41 Å². The molecule has 1 N–H and O–H groups in total. The number of rotatable bonds is 5. The predicted octanol–water partition coefficient (Wildman–Crippen LogP) is 5.09. The second kappa shape index (κ2) is 9.49. The zero-order valence-corrected chi connectivity index (χ0v) is 20.5. The van der Waals surface area contributed by atoms with Crippen LogP contribution in [0.2, 0.25) is 0 Å². The maximum atomic E-state index is 12.6. The van der Waals surface area contributed by atoms with E-state index in [1.165, 1.54) is 0 Å². The largest absolute Gasteiger partial charge is 0.460 e. The van der Waals surface area contributed by atoms with Crippen LogP contribution in [-0.2, 0) is 20.7 Å². The van der Waals surface area contributed by atoms with Crippen molar-refractivity contribution in [1.29, 1.82) is 0 Å². The predicted molar refractivity (Wildman–Crippen MR) is 124 cm³/mol. The van der Waals surface area contributed by atoms with Gasteiger partial charge in [-0.3, -0.25) is 4.79 Å². The van der Waals surface area contributed by atoms with Gasteiger partial charge in [0.15, 0.2) is 0 Å². The Kier molecular flexibility index (Phi) is 7.66. The Morgan fingerprint density at radius 2 is 1.68 bits per heavy atom. The van der Waals surface area contributed by atoms with Gasteiger partial charge < -0.3 is 19.7 Å². The highest BCUT2D eigenvalue weighted by Gasteiger charge is 2.33. The summed E-state index contributed by atoms with van der Waals surface area (Å²) in [6.07, 6.45) is 2.16. The van der Waals surface area contributed by atoms with Crippen molar-refractivity contribution in [3.05, 3.63) is 29.8 Å². The molecular weight excluding hydrogens is 392 g/mol. The maximum Gasteiger partial charge on any atom is 0.407 e. The number of anilines is 1. The molecule has 0 aromatic heterocycles. The first-order chi connectivity index (χ1) is 14.1. The van der Waals surface area contributed by atoms with Crippen molar-refractivity contribution in [2.45, 2.75) is 91.9 Å². The number of ether oxygens (including phenoxy) is 2. The molecule has 1 fully saturated rings. The smallest absolute Gasteiger partial charge is 0.407 e. The van der Waals surface area contributed by atoms with E-state index in [1.54, 1.807) is 0 Å². The van der Waals surface area contributed by atoms with Gasteiger partial charge in [0, 0.05) is 24.8 Å². The normalized spacial score (nSPS) is 17.8. The highest BCUT2D eigenvalue weighted by molar-refractivity contribution is 5.76. The van der Waals surface area contributed by atoms with Crippen LogP contribution in [0.15, 0.2) is 24.3 Å². The van der Waals surface area contributed by atoms with Gasteiger partial charge >= 0.3 is 12.1 Å². The summed E-state index contributed by atoms with van der Waals surface area (Å²) >= 11 is 0. The summed E-state index contributed by atoms with van der Waals surface area (Å²) in [7, 11) is 0. The van der Waals surface area contributed by atoms with E-state index in [4.69, 9.17) is 9.47 Å². The van der Waals surface area contributed by atoms with Crippen molar-refractivity contribution in [3.8, 4) is 0 Å². The second-order valence-corrected chi connectivity index (χ2v) is 11.2.